The van der Waals surface area contributed by atoms with Gasteiger partial charge in [0.05, 0.1) is 22.1 Å². The maximum Gasteiger partial charge on any atom is 0.256 e. The lowest BCUT2D eigenvalue weighted by molar-refractivity contribution is -0.110. The Bertz CT molecular complexity index is 1330. The number of piperazine rings is 1. The largest absolute Gasteiger partial charge is 0.359 e. The van der Waals surface area contributed by atoms with Crippen LogP contribution in [0.15, 0.2) is 53.4 Å². The number of amides is 1. The number of hydrogen-bond acceptors (Lipinski definition) is 4. The first-order valence-corrected chi connectivity index (χ1v) is 13.9. The molecule has 2 aliphatic rings. The fraction of sp³-hybridized carbons (Fsp3) is 0.345. The van der Waals surface area contributed by atoms with E-state index >= 15 is 0 Å². The summed E-state index contributed by atoms with van der Waals surface area (Å²) in [7, 11) is -1.20. The topological polar surface area (TPSA) is 77.2 Å². The molecule has 3 atom stereocenters. The van der Waals surface area contributed by atoms with Crippen molar-refractivity contribution in [2.75, 3.05) is 18.4 Å². The monoisotopic (exact) mass is 502 g/mol. The number of nitrogens with one attached hydrogen (secondary N) is 3. The van der Waals surface area contributed by atoms with E-state index in [0.717, 1.165) is 52.7 Å². The van der Waals surface area contributed by atoms with Gasteiger partial charge in [0.15, 0.2) is 0 Å². The highest BCUT2D eigenvalue weighted by Crippen LogP contribution is 2.35. The van der Waals surface area contributed by atoms with Crippen molar-refractivity contribution >= 4 is 34.0 Å². The van der Waals surface area contributed by atoms with Gasteiger partial charge in [0.25, 0.3) is 5.91 Å². The lowest BCUT2D eigenvalue weighted by atomic mass is 10.0. The molecule has 0 saturated carbocycles. The van der Waals surface area contributed by atoms with Crippen molar-refractivity contribution in [3.8, 4) is 0 Å². The molecule has 0 aliphatic carbocycles. The first-order chi connectivity index (χ1) is 17.3. The summed E-state index contributed by atoms with van der Waals surface area (Å²) in [6.07, 6.45) is 1.94. The number of benzene rings is 2. The molecule has 7 heteroatoms. The molecule has 3 heterocycles. The Kier molecular flexibility index (Phi) is 6.97. The van der Waals surface area contributed by atoms with Gasteiger partial charge in [-0.2, -0.15) is 0 Å². The molecule has 0 radical (unpaired) electrons. The minimum atomic E-state index is -1.20. The van der Waals surface area contributed by atoms with Gasteiger partial charge in [-0.1, -0.05) is 30.3 Å². The molecule has 5 rings (SSSR count). The van der Waals surface area contributed by atoms with Crippen LogP contribution in [0.25, 0.3) is 11.6 Å². The SMILES string of the molecule is Cc1[nH]c(/C=C2\C(=O)Nc3ccc(S(=O)Cc4ccccc4)cc32)c(C)c1CN1C[C@@H](C)N[C@@H](C)C1. The summed E-state index contributed by atoms with van der Waals surface area (Å²) in [5, 5.41) is 6.56. The van der Waals surface area contributed by atoms with Gasteiger partial charge >= 0.3 is 0 Å². The highest BCUT2D eigenvalue weighted by Gasteiger charge is 2.27. The van der Waals surface area contributed by atoms with E-state index in [2.05, 4.69) is 48.2 Å². The van der Waals surface area contributed by atoms with Crippen LogP contribution in [0.5, 0.6) is 0 Å². The molecule has 2 aromatic carbocycles. The summed E-state index contributed by atoms with van der Waals surface area (Å²) in [6, 6.07) is 16.4. The first-order valence-electron chi connectivity index (χ1n) is 12.5. The normalized spacial score (nSPS) is 22.0. The maximum absolute atomic E-state index is 13.1. The fourth-order valence-electron chi connectivity index (χ4n) is 5.39. The number of anilines is 1. The second kappa shape index (κ2) is 10.2. The Labute approximate surface area is 215 Å². The summed E-state index contributed by atoms with van der Waals surface area (Å²) in [4.78, 5) is 19.7. The van der Waals surface area contributed by atoms with Crippen molar-refractivity contribution in [2.24, 2.45) is 0 Å². The van der Waals surface area contributed by atoms with Gasteiger partial charge in [0.1, 0.15) is 0 Å². The predicted octanol–water partition coefficient (Wildman–Crippen LogP) is 4.61. The quantitative estimate of drug-likeness (QED) is 0.430. The van der Waals surface area contributed by atoms with Crippen LogP contribution in [0.4, 0.5) is 5.69 Å². The van der Waals surface area contributed by atoms with Gasteiger partial charge in [0, 0.05) is 59.3 Å². The van der Waals surface area contributed by atoms with Gasteiger partial charge in [0.2, 0.25) is 0 Å². The Morgan fingerprint density at radius 1 is 1.06 bits per heavy atom. The molecule has 1 saturated heterocycles. The third-order valence-corrected chi connectivity index (χ3v) is 8.49. The smallest absolute Gasteiger partial charge is 0.256 e. The number of hydrogen-bond donors (Lipinski definition) is 3. The molecule has 2 aliphatic heterocycles. The number of carbonyl (C=O) groups is 1. The maximum atomic E-state index is 13.1. The number of H-pyrrole nitrogens is 1. The Balaban J connectivity index is 1.41. The van der Waals surface area contributed by atoms with E-state index in [1.807, 2.05) is 54.6 Å². The molecule has 1 fully saturated rings. The van der Waals surface area contributed by atoms with Crippen molar-refractivity contribution in [3.63, 3.8) is 0 Å². The summed E-state index contributed by atoms with van der Waals surface area (Å²) in [6.45, 7) is 11.6. The average molecular weight is 503 g/mol. The van der Waals surface area contributed by atoms with Gasteiger partial charge in [-0.15, -0.1) is 0 Å². The summed E-state index contributed by atoms with van der Waals surface area (Å²) < 4.78 is 13.1. The van der Waals surface area contributed by atoms with E-state index < -0.39 is 10.8 Å². The zero-order valence-electron chi connectivity index (χ0n) is 21.4. The van der Waals surface area contributed by atoms with Gasteiger partial charge < -0.3 is 15.6 Å². The van der Waals surface area contributed by atoms with E-state index in [0.29, 0.717) is 23.4 Å². The molecule has 0 bridgehead atoms. The summed E-state index contributed by atoms with van der Waals surface area (Å²) in [5.74, 6) is 0.315. The van der Waals surface area contributed by atoms with E-state index in [-0.39, 0.29) is 5.91 Å². The van der Waals surface area contributed by atoms with E-state index in [4.69, 9.17) is 0 Å². The molecule has 6 nitrogen and oxygen atoms in total. The standard InChI is InChI=1S/C29H34N4O2S/c1-18-14-33(15-19(2)30-18)16-26-20(3)28(31-21(26)4)13-25-24-12-23(10-11-27(24)32-29(25)34)36(35)17-22-8-6-5-7-9-22/h5-13,18-19,30-31H,14-17H2,1-4H3,(H,32,34)/b25-13-/t18-,19+,36?. The lowest BCUT2D eigenvalue weighted by Crippen LogP contribution is -2.53. The number of carbonyl (C=O) groups excluding carboxylic acids is 1. The van der Waals surface area contributed by atoms with Crippen LogP contribution in [0.2, 0.25) is 0 Å². The molecule has 1 unspecified atom stereocenters. The van der Waals surface area contributed by atoms with E-state index in [1.54, 1.807) is 0 Å². The molecular formula is C29H34N4O2S. The highest BCUT2D eigenvalue weighted by molar-refractivity contribution is 7.84. The number of nitrogens with zero attached hydrogens (tertiary/aromatic N) is 1. The van der Waals surface area contributed by atoms with Crippen LogP contribution < -0.4 is 10.6 Å². The molecule has 1 aromatic heterocycles. The van der Waals surface area contributed by atoms with Crippen LogP contribution in [0.3, 0.4) is 0 Å². The van der Waals surface area contributed by atoms with Crippen molar-refractivity contribution in [2.45, 2.75) is 57.0 Å². The summed E-state index contributed by atoms with van der Waals surface area (Å²) >= 11 is 0. The zero-order chi connectivity index (χ0) is 25.4. The molecule has 3 N–H and O–H groups in total. The second-order valence-corrected chi connectivity index (χ2v) is 11.6. The second-order valence-electron chi connectivity index (χ2n) is 10.1. The van der Waals surface area contributed by atoms with Gasteiger partial charge in [-0.05, 0) is 68.7 Å². The van der Waals surface area contributed by atoms with Crippen LogP contribution >= 0.6 is 0 Å². The molecule has 3 aromatic rings. The molecule has 0 spiro atoms. The van der Waals surface area contributed by atoms with Crippen molar-refractivity contribution in [3.05, 3.63) is 82.2 Å². The van der Waals surface area contributed by atoms with Crippen LogP contribution in [-0.2, 0) is 27.9 Å². The van der Waals surface area contributed by atoms with Crippen LogP contribution in [0, 0.1) is 13.8 Å². The summed E-state index contributed by atoms with van der Waals surface area (Å²) in [5.41, 5.74) is 7.74. The lowest BCUT2D eigenvalue weighted by Gasteiger charge is -2.36. The number of fused-ring (bicyclic) bond motifs is 1. The van der Waals surface area contributed by atoms with Crippen molar-refractivity contribution < 1.29 is 9.00 Å². The first kappa shape index (κ1) is 24.7. The third-order valence-electron chi connectivity index (χ3n) is 7.11. The number of aromatic amines is 1. The fourth-order valence-corrected chi connectivity index (χ4v) is 6.53. The number of rotatable bonds is 6. The van der Waals surface area contributed by atoms with E-state index in [1.165, 1.54) is 11.1 Å². The Hall–Kier alpha value is -3.00. The minimum Gasteiger partial charge on any atom is -0.359 e. The molecule has 188 valence electrons. The van der Waals surface area contributed by atoms with Gasteiger partial charge in [-0.25, -0.2) is 0 Å². The molecule has 1 amide bonds. The number of aryl methyl sites for hydroxylation is 1. The molecule has 36 heavy (non-hydrogen) atoms. The van der Waals surface area contributed by atoms with Crippen LogP contribution in [0.1, 0.15) is 47.5 Å². The highest BCUT2D eigenvalue weighted by atomic mass is 32.2. The average Bonchev–Trinajstić information content (AvgIpc) is 3.29. The minimum absolute atomic E-state index is 0.131. The van der Waals surface area contributed by atoms with Gasteiger partial charge in [-0.3, -0.25) is 13.9 Å². The van der Waals surface area contributed by atoms with Crippen LogP contribution in [-0.4, -0.2) is 45.2 Å². The number of aromatic nitrogens is 1. The third kappa shape index (κ3) is 5.09. The predicted molar refractivity (Wildman–Crippen MR) is 147 cm³/mol. The molecular weight excluding hydrogens is 468 g/mol. The zero-order valence-corrected chi connectivity index (χ0v) is 22.2. The van der Waals surface area contributed by atoms with Crippen molar-refractivity contribution in [1.29, 1.82) is 0 Å². The van der Waals surface area contributed by atoms with Crippen molar-refractivity contribution in [1.82, 2.24) is 15.2 Å². The van der Waals surface area contributed by atoms with E-state index in [9.17, 15) is 9.00 Å². The Morgan fingerprint density at radius 3 is 2.50 bits per heavy atom. The Morgan fingerprint density at radius 2 is 1.78 bits per heavy atom.